The molecule has 0 fully saturated rings. The molecule has 0 aliphatic heterocycles. The van der Waals surface area contributed by atoms with Gasteiger partial charge in [0.15, 0.2) is 0 Å². The highest BCUT2D eigenvalue weighted by molar-refractivity contribution is 5.77. The Hall–Kier alpha value is -1.61. The molecule has 2 N–H and O–H groups in total. The van der Waals surface area contributed by atoms with Crippen LogP contribution in [0, 0.1) is 6.92 Å². The smallest absolute Gasteiger partial charge is 0.233 e. The minimum absolute atomic E-state index is 0.0833. The number of benzene rings is 1. The molecule has 1 amide bonds. The molecule has 0 saturated heterocycles. The Morgan fingerprint density at radius 1 is 1.24 bits per heavy atom. The highest BCUT2D eigenvalue weighted by Gasteiger charge is 2.05. The molecule has 2 rings (SSSR count). The average Bonchev–Trinajstić information content (AvgIpc) is 2.50. The summed E-state index contributed by atoms with van der Waals surface area (Å²) in [6, 6.07) is 8.25. The molecule has 0 bridgehead atoms. The first kappa shape index (κ1) is 15.8. The number of carbonyl (C=O) groups excluding carboxylic acids is 1. The maximum atomic E-state index is 11.8. The van der Waals surface area contributed by atoms with Crippen molar-refractivity contribution in [3.63, 3.8) is 0 Å². The molecule has 3 nitrogen and oxygen atoms in total. The van der Waals surface area contributed by atoms with Crippen molar-refractivity contribution < 1.29 is 4.79 Å². The first-order chi connectivity index (χ1) is 10.3. The topological polar surface area (TPSA) is 41.1 Å². The molecule has 114 valence electrons. The SMILES string of the molecule is Cc1ccccc1CNCC(=O)NCCC1=CCCCC1. The Morgan fingerprint density at radius 3 is 2.86 bits per heavy atom. The molecule has 0 unspecified atom stereocenters. The second-order valence-corrected chi connectivity index (χ2v) is 5.74. The van der Waals surface area contributed by atoms with E-state index in [0.29, 0.717) is 6.54 Å². The fourth-order valence-corrected chi connectivity index (χ4v) is 2.68. The van der Waals surface area contributed by atoms with E-state index in [1.807, 2.05) is 12.1 Å². The van der Waals surface area contributed by atoms with E-state index in [1.165, 1.54) is 42.4 Å². The molecule has 1 aliphatic carbocycles. The number of amides is 1. The number of carbonyl (C=O) groups is 1. The predicted molar refractivity (Wildman–Crippen MR) is 87.1 cm³/mol. The van der Waals surface area contributed by atoms with E-state index in [9.17, 15) is 4.79 Å². The molecule has 21 heavy (non-hydrogen) atoms. The van der Waals surface area contributed by atoms with E-state index >= 15 is 0 Å². The third kappa shape index (κ3) is 5.72. The van der Waals surface area contributed by atoms with Gasteiger partial charge in [-0.05, 0) is 50.2 Å². The van der Waals surface area contributed by atoms with Gasteiger partial charge >= 0.3 is 0 Å². The van der Waals surface area contributed by atoms with Gasteiger partial charge < -0.3 is 10.6 Å². The fraction of sp³-hybridized carbons (Fsp3) is 0.500. The van der Waals surface area contributed by atoms with Crippen LogP contribution in [-0.4, -0.2) is 19.0 Å². The van der Waals surface area contributed by atoms with Crippen molar-refractivity contribution in [1.82, 2.24) is 10.6 Å². The van der Waals surface area contributed by atoms with Crippen molar-refractivity contribution in [3.8, 4) is 0 Å². The summed E-state index contributed by atoms with van der Waals surface area (Å²) < 4.78 is 0. The van der Waals surface area contributed by atoms with E-state index in [2.05, 4.69) is 35.8 Å². The van der Waals surface area contributed by atoms with Crippen molar-refractivity contribution in [1.29, 1.82) is 0 Å². The van der Waals surface area contributed by atoms with Crippen molar-refractivity contribution >= 4 is 5.91 Å². The number of aryl methyl sites for hydroxylation is 1. The Labute approximate surface area is 127 Å². The molecule has 0 radical (unpaired) electrons. The summed E-state index contributed by atoms with van der Waals surface area (Å²) in [7, 11) is 0. The van der Waals surface area contributed by atoms with E-state index in [0.717, 1.165) is 19.5 Å². The minimum atomic E-state index is 0.0833. The first-order valence-electron chi connectivity index (χ1n) is 7.95. The van der Waals surface area contributed by atoms with Gasteiger partial charge in [-0.1, -0.05) is 35.9 Å². The summed E-state index contributed by atoms with van der Waals surface area (Å²) in [6.07, 6.45) is 8.38. The van der Waals surface area contributed by atoms with E-state index < -0.39 is 0 Å². The highest BCUT2D eigenvalue weighted by atomic mass is 16.1. The van der Waals surface area contributed by atoms with Crippen LogP contribution < -0.4 is 10.6 Å². The maximum Gasteiger partial charge on any atom is 0.233 e. The van der Waals surface area contributed by atoms with Crippen molar-refractivity contribution in [3.05, 3.63) is 47.0 Å². The summed E-state index contributed by atoms with van der Waals surface area (Å²) in [6.45, 7) is 3.98. The summed E-state index contributed by atoms with van der Waals surface area (Å²) in [5.41, 5.74) is 4.02. The van der Waals surface area contributed by atoms with Gasteiger partial charge in [-0.3, -0.25) is 4.79 Å². The zero-order chi connectivity index (χ0) is 14.9. The number of nitrogens with one attached hydrogen (secondary N) is 2. The second-order valence-electron chi connectivity index (χ2n) is 5.74. The predicted octanol–water partition coefficient (Wildman–Crippen LogP) is 3.09. The van der Waals surface area contributed by atoms with Crippen LogP contribution in [0.25, 0.3) is 0 Å². The van der Waals surface area contributed by atoms with Gasteiger partial charge in [-0.2, -0.15) is 0 Å². The van der Waals surface area contributed by atoms with E-state index in [4.69, 9.17) is 0 Å². The summed E-state index contributed by atoms with van der Waals surface area (Å²) in [5, 5.41) is 6.19. The van der Waals surface area contributed by atoms with Crippen LogP contribution in [0.4, 0.5) is 0 Å². The molecular weight excluding hydrogens is 260 g/mol. The largest absolute Gasteiger partial charge is 0.355 e. The molecule has 1 aliphatic rings. The standard InChI is InChI=1S/C18H26N2O/c1-15-7-5-6-10-17(15)13-19-14-18(21)20-12-11-16-8-3-2-4-9-16/h5-8,10,19H,2-4,9,11-14H2,1H3,(H,20,21). The summed E-state index contributed by atoms with van der Waals surface area (Å²) in [4.78, 5) is 11.8. The molecule has 1 aromatic rings. The zero-order valence-electron chi connectivity index (χ0n) is 13.0. The van der Waals surface area contributed by atoms with E-state index in [1.54, 1.807) is 0 Å². The summed E-state index contributed by atoms with van der Waals surface area (Å²) >= 11 is 0. The lowest BCUT2D eigenvalue weighted by Crippen LogP contribution is -2.34. The van der Waals surface area contributed by atoms with Crippen molar-refractivity contribution in [2.45, 2.75) is 45.6 Å². The molecule has 3 heteroatoms. The van der Waals surface area contributed by atoms with Gasteiger partial charge in [0.1, 0.15) is 0 Å². The van der Waals surface area contributed by atoms with Crippen LogP contribution in [0.2, 0.25) is 0 Å². The monoisotopic (exact) mass is 286 g/mol. The van der Waals surface area contributed by atoms with Gasteiger partial charge in [0, 0.05) is 13.1 Å². The fourth-order valence-electron chi connectivity index (χ4n) is 2.68. The Morgan fingerprint density at radius 2 is 2.10 bits per heavy atom. The normalized spacial score (nSPS) is 14.6. The van der Waals surface area contributed by atoms with Crippen LogP contribution >= 0.6 is 0 Å². The Bertz CT molecular complexity index is 494. The molecule has 0 spiro atoms. The van der Waals surface area contributed by atoms with E-state index in [-0.39, 0.29) is 5.91 Å². The zero-order valence-corrected chi connectivity index (χ0v) is 13.0. The van der Waals surface area contributed by atoms with Crippen molar-refractivity contribution in [2.24, 2.45) is 0 Å². The van der Waals surface area contributed by atoms with Crippen LogP contribution in [0.5, 0.6) is 0 Å². The number of rotatable bonds is 7. The van der Waals surface area contributed by atoms with Crippen molar-refractivity contribution in [2.75, 3.05) is 13.1 Å². The lowest BCUT2D eigenvalue weighted by Gasteiger charge is -2.13. The third-order valence-electron chi connectivity index (χ3n) is 4.02. The van der Waals surface area contributed by atoms with Gasteiger partial charge in [-0.15, -0.1) is 0 Å². The number of hydrogen-bond acceptors (Lipinski definition) is 2. The number of hydrogen-bond donors (Lipinski definition) is 2. The lowest BCUT2D eigenvalue weighted by atomic mass is 9.97. The Kier molecular flexibility index (Phi) is 6.48. The van der Waals surface area contributed by atoms with Gasteiger partial charge in [0.05, 0.1) is 6.54 Å². The van der Waals surface area contributed by atoms with Gasteiger partial charge in [-0.25, -0.2) is 0 Å². The second kappa shape index (κ2) is 8.63. The molecular formula is C18H26N2O. The third-order valence-corrected chi connectivity index (χ3v) is 4.02. The van der Waals surface area contributed by atoms with Crippen LogP contribution in [0.3, 0.4) is 0 Å². The Balaban J connectivity index is 1.59. The lowest BCUT2D eigenvalue weighted by molar-refractivity contribution is -0.120. The quantitative estimate of drug-likeness (QED) is 0.756. The molecule has 0 atom stereocenters. The molecule has 0 aromatic heterocycles. The highest BCUT2D eigenvalue weighted by Crippen LogP contribution is 2.19. The molecule has 0 saturated carbocycles. The van der Waals surface area contributed by atoms with Crippen LogP contribution in [0.1, 0.15) is 43.2 Å². The minimum Gasteiger partial charge on any atom is -0.355 e. The number of allylic oxidation sites excluding steroid dienone is 1. The molecule has 1 aromatic carbocycles. The van der Waals surface area contributed by atoms with Gasteiger partial charge in [0.2, 0.25) is 5.91 Å². The van der Waals surface area contributed by atoms with Gasteiger partial charge in [0.25, 0.3) is 0 Å². The maximum absolute atomic E-state index is 11.8. The average molecular weight is 286 g/mol. The summed E-state index contributed by atoms with van der Waals surface area (Å²) in [5.74, 6) is 0.0833. The van der Waals surface area contributed by atoms with Crippen LogP contribution in [-0.2, 0) is 11.3 Å². The first-order valence-corrected chi connectivity index (χ1v) is 7.95. The molecule has 0 heterocycles. The van der Waals surface area contributed by atoms with Crippen LogP contribution in [0.15, 0.2) is 35.9 Å².